The molecule has 3 unspecified atom stereocenters. The Kier molecular flexibility index (Phi) is 3.53. The molecule has 3 heteroatoms. The third-order valence-electron chi connectivity index (χ3n) is 3.56. The molecule has 0 spiro atoms. The first-order chi connectivity index (χ1) is 6.53. The van der Waals surface area contributed by atoms with Gasteiger partial charge in [0.25, 0.3) is 0 Å². The minimum absolute atomic E-state index is 0.508. The van der Waals surface area contributed by atoms with Gasteiger partial charge >= 0.3 is 5.97 Å². The maximum absolute atomic E-state index is 11.0. The number of aliphatic carboxylic acids is 1. The molecule has 0 aromatic heterocycles. The Hall–Kier alpha value is -0.570. The van der Waals surface area contributed by atoms with Crippen LogP contribution in [0.5, 0.6) is 0 Å². The van der Waals surface area contributed by atoms with Crippen molar-refractivity contribution >= 4 is 5.97 Å². The van der Waals surface area contributed by atoms with E-state index in [9.17, 15) is 9.90 Å². The van der Waals surface area contributed by atoms with E-state index >= 15 is 0 Å². The molecule has 0 heterocycles. The van der Waals surface area contributed by atoms with Gasteiger partial charge in [0.1, 0.15) is 0 Å². The molecule has 1 aliphatic rings. The minimum Gasteiger partial charge on any atom is -0.481 e. The van der Waals surface area contributed by atoms with Gasteiger partial charge in [-0.2, -0.15) is 0 Å². The molecule has 1 rings (SSSR count). The number of rotatable bonds is 4. The lowest BCUT2D eigenvalue weighted by atomic mass is 9.83. The summed E-state index contributed by atoms with van der Waals surface area (Å²) in [5.41, 5.74) is -0.943. The standard InChI is InChI=1S/C11H20O3/c1-3-8-5-6-11(14,7-8)9(4-2)10(12)13/h8-9,14H,3-7H2,1-2H3,(H,12,13). The fourth-order valence-corrected chi connectivity index (χ4v) is 2.61. The van der Waals surface area contributed by atoms with Crippen molar-refractivity contribution in [2.24, 2.45) is 11.8 Å². The van der Waals surface area contributed by atoms with Gasteiger partial charge in [-0.25, -0.2) is 0 Å². The zero-order chi connectivity index (χ0) is 10.8. The molecule has 0 bridgehead atoms. The first kappa shape index (κ1) is 11.5. The van der Waals surface area contributed by atoms with E-state index in [0.29, 0.717) is 25.2 Å². The van der Waals surface area contributed by atoms with Crippen LogP contribution in [0.4, 0.5) is 0 Å². The molecule has 1 fully saturated rings. The Bertz CT molecular complexity index is 215. The van der Waals surface area contributed by atoms with Crippen LogP contribution in [0.1, 0.15) is 46.0 Å². The summed E-state index contributed by atoms with van der Waals surface area (Å²) < 4.78 is 0. The van der Waals surface area contributed by atoms with Gasteiger partial charge < -0.3 is 10.2 Å². The predicted molar refractivity (Wildman–Crippen MR) is 54.0 cm³/mol. The largest absolute Gasteiger partial charge is 0.481 e. The second-order valence-electron chi connectivity index (χ2n) is 4.42. The summed E-state index contributed by atoms with van der Waals surface area (Å²) in [6, 6.07) is 0. The van der Waals surface area contributed by atoms with Crippen LogP contribution in [0, 0.1) is 11.8 Å². The summed E-state index contributed by atoms with van der Waals surface area (Å²) in [6.45, 7) is 3.92. The van der Waals surface area contributed by atoms with E-state index in [-0.39, 0.29) is 0 Å². The van der Waals surface area contributed by atoms with Crippen molar-refractivity contribution in [2.45, 2.75) is 51.6 Å². The second kappa shape index (κ2) is 4.30. The molecule has 0 saturated heterocycles. The van der Waals surface area contributed by atoms with Gasteiger partial charge in [0.05, 0.1) is 11.5 Å². The van der Waals surface area contributed by atoms with E-state index in [1.54, 1.807) is 0 Å². The first-order valence-electron chi connectivity index (χ1n) is 5.48. The lowest BCUT2D eigenvalue weighted by Crippen LogP contribution is -2.39. The summed E-state index contributed by atoms with van der Waals surface area (Å²) in [7, 11) is 0. The van der Waals surface area contributed by atoms with Crippen LogP contribution in [-0.2, 0) is 4.79 Å². The molecule has 0 aromatic carbocycles. The van der Waals surface area contributed by atoms with E-state index in [4.69, 9.17) is 5.11 Å². The molecule has 14 heavy (non-hydrogen) atoms. The summed E-state index contributed by atoms with van der Waals surface area (Å²) in [4.78, 5) is 11.0. The molecule has 1 saturated carbocycles. The van der Waals surface area contributed by atoms with Gasteiger partial charge in [0.15, 0.2) is 0 Å². The molecule has 82 valence electrons. The van der Waals surface area contributed by atoms with Crippen LogP contribution in [0.3, 0.4) is 0 Å². The van der Waals surface area contributed by atoms with Crippen LogP contribution >= 0.6 is 0 Å². The second-order valence-corrected chi connectivity index (χ2v) is 4.42. The fourth-order valence-electron chi connectivity index (χ4n) is 2.61. The third kappa shape index (κ3) is 2.08. The maximum atomic E-state index is 11.0. The van der Waals surface area contributed by atoms with Crippen molar-refractivity contribution in [3.05, 3.63) is 0 Å². The molecule has 2 N–H and O–H groups in total. The van der Waals surface area contributed by atoms with Crippen LogP contribution in [0.25, 0.3) is 0 Å². The molecule has 3 atom stereocenters. The molecule has 3 nitrogen and oxygen atoms in total. The van der Waals surface area contributed by atoms with Gasteiger partial charge in [-0.1, -0.05) is 20.3 Å². The average Bonchev–Trinajstić information content (AvgIpc) is 2.48. The van der Waals surface area contributed by atoms with Crippen LogP contribution in [0.2, 0.25) is 0 Å². The Morgan fingerprint density at radius 2 is 2.21 bits per heavy atom. The average molecular weight is 200 g/mol. The first-order valence-corrected chi connectivity index (χ1v) is 5.48. The van der Waals surface area contributed by atoms with Gasteiger partial charge in [0, 0.05) is 0 Å². The monoisotopic (exact) mass is 200 g/mol. The highest BCUT2D eigenvalue weighted by Gasteiger charge is 2.45. The molecule has 0 amide bonds. The van der Waals surface area contributed by atoms with E-state index in [0.717, 1.165) is 12.8 Å². The van der Waals surface area contributed by atoms with E-state index < -0.39 is 17.5 Å². The quantitative estimate of drug-likeness (QED) is 0.730. The molecule has 0 aromatic rings. The van der Waals surface area contributed by atoms with Crippen LogP contribution in [0.15, 0.2) is 0 Å². The Morgan fingerprint density at radius 1 is 1.57 bits per heavy atom. The topological polar surface area (TPSA) is 57.5 Å². The number of hydrogen-bond acceptors (Lipinski definition) is 2. The van der Waals surface area contributed by atoms with Crippen molar-refractivity contribution in [1.29, 1.82) is 0 Å². The fraction of sp³-hybridized carbons (Fsp3) is 0.909. The molecular formula is C11H20O3. The van der Waals surface area contributed by atoms with E-state index in [2.05, 4.69) is 6.92 Å². The van der Waals surface area contributed by atoms with Crippen molar-refractivity contribution in [1.82, 2.24) is 0 Å². The minimum atomic E-state index is -0.943. The number of carboxylic acid groups (broad SMARTS) is 1. The zero-order valence-electron chi connectivity index (χ0n) is 8.99. The van der Waals surface area contributed by atoms with Crippen LogP contribution < -0.4 is 0 Å². The molecule has 0 radical (unpaired) electrons. The zero-order valence-corrected chi connectivity index (χ0v) is 8.99. The van der Waals surface area contributed by atoms with Crippen molar-refractivity contribution in [2.75, 3.05) is 0 Å². The van der Waals surface area contributed by atoms with E-state index in [1.807, 2.05) is 6.92 Å². The number of carbonyl (C=O) groups is 1. The van der Waals surface area contributed by atoms with Gasteiger partial charge in [-0.3, -0.25) is 4.79 Å². The van der Waals surface area contributed by atoms with Crippen molar-refractivity contribution in [3.8, 4) is 0 Å². The smallest absolute Gasteiger partial charge is 0.309 e. The Morgan fingerprint density at radius 3 is 2.57 bits per heavy atom. The SMILES string of the molecule is CCC1CCC(O)(C(CC)C(=O)O)C1. The summed E-state index contributed by atoms with van der Waals surface area (Å²) in [5.74, 6) is -0.931. The highest BCUT2D eigenvalue weighted by atomic mass is 16.4. The third-order valence-corrected chi connectivity index (χ3v) is 3.56. The Balaban J connectivity index is 2.70. The number of carboxylic acids is 1. The molecular weight excluding hydrogens is 180 g/mol. The highest BCUT2D eigenvalue weighted by molar-refractivity contribution is 5.71. The highest BCUT2D eigenvalue weighted by Crippen LogP contribution is 2.42. The number of aliphatic hydroxyl groups is 1. The van der Waals surface area contributed by atoms with Crippen molar-refractivity contribution in [3.63, 3.8) is 0 Å². The normalized spacial score (nSPS) is 34.4. The maximum Gasteiger partial charge on any atom is 0.309 e. The van der Waals surface area contributed by atoms with Crippen LogP contribution in [-0.4, -0.2) is 21.8 Å². The van der Waals surface area contributed by atoms with E-state index in [1.165, 1.54) is 0 Å². The summed E-state index contributed by atoms with van der Waals surface area (Å²) in [6.07, 6.45) is 3.84. The van der Waals surface area contributed by atoms with Gasteiger partial charge in [-0.15, -0.1) is 0 Å². The molecule has 0 aliphatic heterocycles. The molecule has 1 aliphatic carbocycles. The number of hydrogen-bond donors (Lipinski definition) is 2. The summed E-state index contributed by atoms with van der Waals surface area (Å²) >= 11 is 0. The summed E-state index contributed by atoms with van der Waals surface area (Å²) in [5, 5.41) is 19.2. The lowest BCUT2D eigenvalue weighted by molar-refractivity contribution is -0.152. The van der Waals surface area contributed by atoms with Gasteiger partial charge in [0.2, 0.25) is 0 Å². The lowest BCUT2D eigenvalue weighted by Gasteiger charge is -2.29. The van der Waals surface area contributed by atoms with Gasteiger partial charge in [-0.05, 0) is 31.6 Å². The van der Waals surface area contributed by atoms with Crippen molar-refractivity contribution < 1.29 is 15.0 Å². The Labute approximate surface area is 85.1 Å². The predicted octanol–water partition coefficient (Wildman–Crippen LogP) is 2.04.